The van der Waals surface area contributed by atoms with Crippen molar-refractivity contribution in [3.63, 3.8) is 0 Å². The van der Waals surface area contributed by atoms with Gasteiger partial charge in [0.1, 0.15) is 5.75 Å². The van der Waals surface area contributed by atoms with Crippen molar-refractivity contribution >= 4 is 15.9 Å². The molecular formula is C16H22F2N2O4S. The molecule has 2 atom stereocenters. The third kappa shape index (κ3) is 5.64. The molecule has 0 saturated carbocycles. The minimum Gasteiger partial charge on any atom is -0.435 e. The molecule has 0 aliphatic carbocycles. The largest absolute Gasteiger partial charge is 0.435 e. The third-order valence-electron chi connectivity index (χ3n) is 4.08. The van der Waals surface area contributed by atoms with E-state index >= 15 is 0 Å². The Bertz CT molecular complexity index is 695. The van der Waals surface area contributed by atoms with E-state index in [1.165, 1.54) is 24.3 Å². The number of halogens is 2. The fourth-order valence-electron chi connectivity index (χ4n) is 3.07. The smallest absolute Gasteiger partial charge is 0.387 e. The van der Waals surface area contributed by atoms with Crippen LogP contribution in [0.2, 0.25) is 0 Å². The van der Waals surface area contributed by atoms with Crippen LogP contribution in [0.3, 0.4) is 0 Å². The van der Waals surface area contributed by atoms with Crippen molar-refractivity contribution in [1.82, 2.24) is 9.62 Å². The monoisotopic (exact) mass is 376 g/mol. The fourth-order valence-corrected chi connectivity index (χ4v) is 3.89. The van der Waals surface area contributed by atoms with Gasteiger partial charge in [-0.2, -0.15) is 8.78 Å². The SMILES string of the molecule is CCCC1CN(C(=O)c2ccc(OC(F)F)cc2)CC1NS(C)(=O)=O. The van der Waals surface area contributed by atoms with E-state index in [0.717, 1.165) is 19.1 Å². The molecule has 9 heteroatoms. The molecule has 2 unspecified atom stereocenters. The van der Waals surface area contributed by atoms with Crippen LogP contribution in [0.15, 0.2) is 24.3 Å². The van der Waals surface area contributed by atoms with Crippen LogP contribution in [0, 0.1) is 5.92 Å². The molecule has 1 aliphatic rings. The first kappa shape index (κ1) is 19.6. The van der Waals surface area contributed by atoms with Gasteiger partial charge in [0.25, 0.3) is 5.91 Å². The number of rotatable bonds is 7. The predicted octanol–water partition coefficient (Wildman–Crippen LogP) is 2.08. The number of benzene rings is 1. The van der Waals surface area contributed by atoms with Crippen LogP contribution < -0.4 is 9.46 Å². The number of hydrogen-bond acceptors (Lipinski definition) is 4. The summed E-state index contributed by atoms with van der Waals surface area (Å²) in [5.74, 6) is -0.235. The summed E-state index contributed by atoms with van der Waals surface area (Å²) in [6.45, 7) is -0.178. The van der Waals surface area contributed by atoms with Gasteiger partial charge in [-0.25, -0.2) is 13.1 Å². The Hall–Kier alpha value is -1.74. The van der Waals surface area contributed by atoms with Gasteiger partial charge in [0.05, 0.1) is 6.26 Å². The maximum absolute atomic E-state index is 12.6. The van der Waals surface area contributed by atoms with E-state index in [9.17, 15) is 22.0 Å². The van der Waals surface area contributed by atoms with Gasteiger partial charge >= 0.3 is 6.61 Å². The zero-order valence-electron chi connectivity index (χ0n) is 14.1. The number of nitrogens with one attached hydrogen (secondary N) is 1. The fraction of sp³-hybridized carbons (Fsp3) is 0.562. The second kappa shape index (κ2) is 8.09. The van der Waals surface area contributed by atoms with Crippen LogP contribution in [0.25, 0.3) is 0 Å². The molecule has 0 bridgehead atoms. The van der Waals surface area contributed by atoms with E-state index in [0.29, 0.717) is 12.1 Å². The molecule has 0 spiro atoms. The molecule has 2 rings (SSSR count). The molecule has 1 N–H and O–H groups in total. The Labute approximate surface area is 146 Å². The summed E-state index contributed by atoms with van der Waals surface area (Å²) < 4.78 is 54.2. The predicted molar refractivity (Wildman–Crippen MR) is 89.1 cm³/mol. The minimum absolute atomic E-state index is 0.0200. The first-order valence-electron chi connectivity index (χ1n) is 8.01. The Morgan fingerprint density at radius 3 is 2.48 bits per heavy atom. The van der Waals surface area contributed by atoms with Crippen LogP contribution in [-0.2, 0) is 10.0 Å². The van der Waals surface area contributed by atoms with Gasteiger partial charge in [-0.1, -0.05) is 13.3 Å². The molecule has 140 valence electrons. The minimum atomic E-state index is -3.37. The van der Waals surface area contributed by atoms with Gasteiger partial charge in [-0.3, -0.25) is 4.79 Å². The van der Waals surface area contributed by atoms with Crippen LogP contribution in [0.5, 0.6) is 5.75 Å². The lowest BCUT2D eigenvalue weighted by Crippen LogP contribution is -2.40. The van der Waals surface area contributed by atoms with Crippen molar-refractivity contribution in [1.29, 1.82) is 0 Å². The average molecular weight is 376 g/mol. The van der Waals surface area contributed by atoms with Crippen molar-refractivity contribution in [2.24, 2.45) is 5.92 Å². The van der Waals surface area contributed by atoms with Gasteiger partial charge in [0.15, 0.2) is 0 Å². The van der Waals surface area contributed by atoms with E-state index in [2.05, 4.69) is 9.46 Å². The molecule has 0 aromatic heterocycles. The van der Waals surface area contributed by atoms with Gasteiger partial charge in [-0.05, 0) is 36.6 Å². The zero-order chi connectivity index (χ0) is 18.6. The number of amides is 1. The number of nitrogens with zero attached hydrogens (tertiary/aromatic N) is 1. The molecule has 1 amide bonds. The lowest BCUT2D eigenvalue weighted by molar-refractivity contribution is -0.0498. The summed E-state index contributed by atoms with van der Waals surface area (Å²) in [5.41, 5.74) is 0.344. The van der Waals surface area contributed by atoms with Crippen molar-refractivity contribution < 1.29 is 26.7 Å². The quantitative estimate of drug-likeness (QED) is 0.791. The normalized spacial score (nSPS) is 20.9. The number of carbonyl (C=O) groups excluding carboxylic acids is 1. The molecule has 1 aromatic carbocycles. The second-order valence-corrected chi connectivity index (χ2v) is 7.94. The van der Waals surface area contributed by atoms with Crippen LogP contribution in [0.4, 0.5) is 8.78 Å². The second-order valence-electron chi connectivity index (χ2n) is 6.16. The molecule has 1 fully saturated rings. The lowest BCUT2D eigenvalue weighted by atomic mass is 9.99. The van der Waals surface area contributed by atoms with Crippen LogP contribution in [0.1, 0.15) is 30.1 Å². The Kier molecular flexibility index (Phi) is 6.34. The molecule has 1 aliphatic heterocycles. The molecule has 1 heterocycles. The molecule has 1 aromatic rings. The first-order chi connectivity index (χ1) is 11.7. The van der Waals surface area contributed by atoms with Gasteiger partial charge in [0, 0.05) is 24.7 Å². The van der Waals surface area contributed by atoms with Gasteiger partial charge < -0.3 is 9.64 Å². The molecular weight excluding hydrogens is 354 g/mol. The van der Waals surface area contributed by atoms with Crippen molar-refractivity contribution in [3.8, 4) is 5.75 Å². The highest BCUT2D eigenvalue weighted by atomic mass is 32.2. The number of hydrogen-bond donors (Lipinski definition) is 1. The highest BCUT2D eigenvalue weighted by molar-refractivity contribution is 7.88. The standard InChI is InChI=1S/C16H22F2N2O4S/c1-3-4-12-9-20(10-14(12)19-25(2,22)23)15(21)11-5-7-13(8-6-11)24-16(17)18/h5-8,12,14,16,19H,3-4,9-10H2,1-2H3. The van der Waals surface area contributed by atoms with E-state index in [1.54, 1.807) is 4.90 Å². The Morgan fingerprint density at radius 1 is 1.32 bits per heavy atom. The van der Waals surface area contributed by atoms with Crippen molar-refractivity contribution in [3.05, 3.63) is 29.8 Å². The first-order valence-corrected chi connectivity index (χ1v) is 9.90. The lowest BCUT2D eigenvalue weighted by Gasteiger charge is -2.17. The van der Waals surface area contributed by atoms with E-state index < -0.39 is 16.6 Å². The summed E-state index contributed by atoms with van der Waals surface area (Å²) in [5, 5.41) is 0. The maximum atomic E-state index is 12.6. The van der Waals surface area contributed by atoms with E-state index in [1.807, 2.05) is 6.92 Å². The van der Waals surface area contributed by atoms with Crippen molar-refractivity contribution in [2.75, 3.05) is 19.3 Å². The van der Waals surface area contributed by atoms with Gasteiger partial charge in [-0.15, -0.1) is 0 Å². The highest BCUT2D eigenvalue weighted by Gasteiger charge is 2.36. The molecule has 0 radical (unpaired) electrons. The Morgan fingerprint density at radius 2 is 1.96 bits per heavy atom. The molecule has 25 heavy (non-hydrogen) atoms. The third-order valence-corrected chi connectivity index (χ3v) is 4.81. The number of carbonyl (C=O) groups is 1. The molecule has 1 saturated heterocycles. The summed E-state index contributed by atoms with van der Waals surface area (Å²) >= 11 is 0. The van der Waals surface area contributed by atoms with Crippen LogP contribution in [-0.4, -0.2) is 51.2 Å². The topological polar surface area (TPSA) is 75.7 Å². The zero-order valence-corrected chi connectivity index (χ0v) is 14.9. The van der Waals surface area contributed by atoms with Crippen molar-refractivity contribution in [2.45, 2.75) is 32.4 Å². The number of likely N-dealkylation sites (tertiary alicyclic amines) is 1. The Balaban J connectivity index is 2.08. The number of alkyl halides is 2. The highest BCUT2D eigenvalue weighted by Crippen LogP contribution is 2.24. The summed E-state index contributed by atoms with van der Waals surface area (Å²) in [6.07, 6.45) is 2.79. The summed E-state index contributed by atoms with van der Waals surface area (Å²) in [7, 11) is -3.37. The van der Waals surface area contributed by atoms with E-state index in [-0.39, 0.29) is 30.2 Å². The molecule has 6 nitrogen and oxygen atoms in total. The van der Waals surface area contributed by atoms with E-state index in [4.69, 9.17) is 0 Å². The average Bonchev–Trinajstić information content (AvgIpc) is 2.88. The van der Waals surface area contributed by atoms with Crippen LogP contribution >= 0.6 is 0 Å². The maximum Gasteiger partial charge on any atom is 0.387 e. The summed E-state index contributed by atoms with van der Waals surface area (Å²) in [4.78, 5) is 14.2. The number of sulfonamides is 1. The number of ether oxygens (including phenoxy) is 1. The summed E-state index contributed by atoms with van der Waals surface area (Å²) in [6, 6.07) is 5.15. The van der Waals surface area contributed by atoms with Gasteiger partial charge in [0.2, 0.25) is 10.0 Å².